The van der Waals surface area contributed by atoms with Crippen LogP contribution >= 0.6 is 22.6 Å². The Morgan fingerprint density at radius 1 is 1.43 bits per heavy atom. The molecule has 0 aromatic carbocycles. The number of anilines is 1. The molecule has 0 saturated carbocycles. The van der Waals surface area contributed by atoms with Crippen LogP contribution in [0, 0.1) is 9.49 Å². The first kappa shape index (κ1) is 17.2. The molecule has 0 N–H and O–H groups in total. The second kappa shape index (κ2) is 6.54. The van der Waals surface area contributed by atoms with Crippen LogP contribution in [-0.4, -0.2) is 33.0 Å². The van der Waals surface area contributed by atoms with Crippen molar-refractivity contribution < 1.29 is 4.43 Å². The maximum absolute atomic E-state index is 6.39. The average Bonchev–Trinajstić information content (AvgIpc) is 2.84. The van der Waals surface area contributed by atoms with Gasteiger partial charge in [0.1, 0.15) is 0 Å². The van der Waals surface area contributed by atoms with E-state index >= 15 is 0 Å². The monoisotopic (exact) mass is 418 g/mol. The van der Waals surface area contributed by atoms with Gasteiger partial charge in [0, 0.05) is 38.0 Å². The van der Waals surface area contributed by atoms with Crippen molar-refractivity contribution in [3.8, 4) is 0 Å². The van der Waals surface area contributed by atoms with E-state index in [1.807, 2.05) is 12.4 Å². The molecule has 1 saturated heterocycles. The zero-order chi connectivity index (χ0) is 15.7. The molecule has 1 aromatic rings. The molecule has 2 heterocycles. The molecule has 21 heavy (non-hydrogen) atoms. The minimum atomic E-state index is -1.61. The van der Waals surface area contributed by atoms with Crippen LogP contribution in [0.15, 0.2) is 18.5 Å². The van der Waals surface area contributed by atoms with Crippen molar-refractivity contribution in [3.63, 3.8) is 0 Å². The van der Waals surface area contributed by atoms with Gasteiger partial charge in [0.25, 0.3) is 0 Å². The molecule has 0 aliphatic carbocycles. The second-order valence-corrected chi connectivity index (χ2v) is 13.5. The van der Waals surface area contributed by atoms with Crippen molar-refractivity contribution in [1.82, 2.24) is 4.98 Å². The molecular weight excluding hydrogens is 391 g/mol. The number of pyridine rings is 1. The fourth-order valence-electron chi connectivity index (χ4n) is 2.35. The molecule has 0 amide bonds. The van der Waals surface area contributed by atoms with Gasteiger partial charge in [-0.3, -0.25) is 4.98 Å². The van der Waals surface area contributed by atoms with E-state index in [0.29, 0.717) is 11.0 Å². The maximum atomic E-state index is 6.39. The second-order valence-electron chi connectivity index (χ2n) is 7.50. The Kier molecular flexibility index (Phi) is 5.36. The Balaban J connectivity index is 1.91. The minimum Gasteiger partial charge on any atom is -0.416 e. The van der Waals surface area contributed by atoms with E-state index in [0.717, 1.165) is 19.7 Å². The van der Waals surface area contributed by atoms with Gasteiger partial charge in [-0.2, -0.15) is 0 Å². The van der Waals surface area contributed by atoms with E-state index in [-0.39, 0.29) is 0 Å². The standard InChI is InChI=1S/C16H27IN2OSi/c1-16(2,3)21(4,5)20-12-13-7-9-19(11-13)15-6-8-18-10-14(15)17/h6,8,10,13H,7,9,11-12H2,1-5H3. The zero-order valence-corrected chi connectivity index (χ0v) is 17.0. The van der Waals surface area contributed by atoms with Crippen LogP contribution in [0.2, 0.25) is 18.1 Å². The lowest BCUT2D eigenvalue weighted by Crippen LogP contribution is -2.42. The SMILES string of the molecule is CC(C)(C)[Si](C)(C)OCC1CCN(c2ccncc2I)C1. The van der Waals surface area contributed by atoms with E-state index in [9.17, 15) is 0 Å². The van der Waals surface area contributed by atoms with Gasteiger partial charge in [0.05, 0.1) is 9.26 Å². The summed E-state index contributed by atoms with van der Waals surface area (Å²) in [5, 5.41) is 0.297. The molecule has 0 bridgehead atoms. The highest BCUT2D eigenvalue weighted by Gasteiger charge is 2.38. The Morgan fingerprint density at radius 3 is 2.76 bits per heavy atom. The predicted octanol–water partition coefficient (Wildman–Crippen LogP) is 4.53. The van der Waals surface area contributed by atoms with Gasteiger partial charge in [-0.05, 0) is 53.2 Å². The predicted molar refractivity (Wildman–Crippen MR) is 100 cm³/mol. The molecule has 1 aliphatic heterocycles. The molecular formula is C16H27IN2OSi. The van der Waals surface area contributed by atoms with Gasteiger partial charge >= 0.3 is 0 Å². The van der Waals surface area contributed by atoms with E-state index in [4.69, 9.17) is 4.43 Å². The highest BCUT2D eigenvalue weighted by Crippen LogP contribution is 2.37. The van der Waals surface area contributed by atoms with Crippen molar-refractivity contribution in [2.24, 2.45) is 5.92 Å². The first-order chi connectivity index (χ1) is 9.71. The summed E-state index contributed by atoms with van der Waals surface area (Å²) in [4.78, 5) is 6.65. The Morgan fingerprint density at radius 2 is 2.14 bits per heavy atom. The van der Waals surface area contributed by atoms with E-state index < -0.39 is 8.32 Å². The van der Waals surface area contributed by atoms with Gasteiger partial charge in [-0.15, -0.1) is 0 Å². The summed E-state index contributed by atoms with van der Waals surface area (Å²) in [7, 11) is -1.61. The molecule has 118 valence electrons. The number of rotatable bonds is 4. The van der Waals surface area contributed by atoms with Gasteiger partial charge in [0.15, 0.2) is 8.32 Å². The number of nitrogens with zero attached hydrogens (tertiary/aromatic N) is 2. The summed E-state index contributed by atoms with van der Waals surface area (Å²) in [6.45, 7) is 14.7. The first-order valence-corrected chi connectivity index (χ1v) is 11.7. The lowest BCUT2D eigenvalue weighted by atomic mass is 10.1. The van der Waals surface area contributed by atoms with Crippen molar-refractivity contribution in [2.45, 2.75) is 45.3 Å². The average molecular weight is 418 g/mol. The van der Waals surface area contributed by atoms with Crippen LogP contribution in [0.5, 0.6) is 0 Å². The maximum Gasteiger partial charge on any atom is 0.191 e. The minimum absolute atomic E-state index is 0.297. The van der Waals surface area contributed by atoms with Crippen LogP contribution in [-0.2, 0) is 4.43 Å². The molecule has 1 aliphatic rings. The van der Waals surface area contributed by atoms with Gasteiger partial charge in [-0.25, -0.2) is 0 Å². The fraction of sp³-hybridized carbons (Fsp3) is 0.688. The molecule has 1 unspecified atom stereocenters. The first-order valence-electron chi connectivity index (χ1n) is 7.69. The lowest BCUT2D eigenvalue weighted by Gasteiger charge is -2.37. The Hall–Kier alpha value is -0.143. The van der Waals surface area contributed by atoms with Gasteiger partial charge < -0.3 is 9.33 Å². The quantitative estimate of drug-likeness (QED) is 0.531. The van der Waals surface area contributed by atoms with Crippen molar-refractivity contribution in [2.75, 3.05) is 24.6 Å². The lowest BCUT2D eigenvalue weighted by molar-refractivity contribution is 0.238. The summed E-state index contributed by atoms with van der Waals surface area (Å²) < 4.78 is 7.63. The molecule has 2 rings (SSSR count). The fourth-order valence-corrected chi connectivity index (χ4v) is 4.12. The van der Waals surface area contributed by atoms with Crippen LogP contribution in [0.3, 0.4) is 0 Å². The number of halogens is 1. The highest BCUT2D eigenvalue weighted by atomic mass is 127. The molecule has 5 heteroatoms. The molecule has 1 aromatic heterocycles. The third-order valence-corrected chi connectivity index (χ3v) is 10.2. The van der Waals surface area contributed by atoms with Crippen LogP contribution < -0.4 is 4.90 Å². The van der Waals surface area contributed by atoms with Crippen molar-refractivity contribution in [1.29, 1.82) is 0 Å². The highest BCUT2D eigenvalue weighted by molar-refractivity contribution is 14.1. The third kappa shape index (κ3) is 4.19. The van der Waals surface area contributed by atoms with E-state index in [1.54, 1.807) is 0 Å². The summed E-state index contributed by atoms with van der Waals surface area (Å²) in [5.41, 5.74) is 1.32. The molecule has 3 nitrogen and oxygen atoms in total. The van der Waals surface area contributed by atoms with Crippen molar-refractivity contribution >= 4 is 36.6 Å². The van der Waals surface area contributed by atoms with Crippen molar-refractivity contribution in [3.05, 3.63) is 22.0 Å². The number of hydrogen-bond acceptors (Lipinski definition) is 3. The third-order valence-electron chi connectivity index (χ3n) is 4.86. The number of aromatic nitrogens is 1. The molecule has 0 spiro atoms. The zero-order valence-electron chi connectivity index (χ0n) is 13.8. The summed E-state index contributed by atoms with van der Waals surface area (Å²) in [5.74, 6) is 0.656. The Labute approximate surface area is 143 Å². The summed E-state index contributed by atoms with van der Waals surface area (Å²) in [6, 6.07) is 2.12. The van der Waals surface area contributed by atoms with Crippen LogP contribution in [0.25, 0.3) is 0 Å². The number of hydrogen-bond donors (Lipinski definition) is 0. The normalized spacial score (nSPS) is 20.1. The van der Waals surface area contributed by atoms with Gasteiger partial charge in [0.2, 0.25) is 0 Å². The summed E-state index contributed by atoms with van der Waals surface area (Å²) >= 11 is 2.37. The molecule has 0 radical (unpaired) electrons. The van der Waals surface area contributed by atoms with E-state index in [2.05, 4.69) is 72.4 Å². The molecule has 1 atom stereocenters. The van der Waals surface area contributed by atoms with E-state index in [1.165, 1.54) is 15.7 Å². The molecule has 1 fully saturated rings. The summed E-state index contributed by atoms with van der Waals surface area (Å²) in [6.07, 6.45) is 5.05. The Bertz CT molecular complexity index is 487. The largest absolute Gasteiger partial charge is 0.416 e. The van der Waals surface area contributed by atoms with Crippen LogP contribution in [0.4, 0.5) is 5.69 Å². The van der Waals surface area contributed by atoms with Gasteiger partial charge in [-0.1, -0.05) is 20.8 Å². The smallest absolute Gasteiger partial charge is 0.191 e. The van der Waals surface area contributed by atoms with Crippen LogP contribution in [0.1, 0.15) is 27.2 Å². The topological polar surface area (TPSA) is 25.4 Å².